The first-order valence-electron chi connectivity index (χ1n) is 8.01. The molecule has 138 valence electrons. The second kappa shape index (κ2) is 6.18. The Kier molecular flexibility index (Phi) is 3.93. The predicted molar refractivity (Wildman–Crippen MR) is 99.9 cm³/mol. The molecule has 0 saturated heterocycles. The lowest BCUT2D eigenvalue weighted by atomic mass is 10.2. The number of hydrogen-bond donors (Lipinski definition) is 3. The highest BCUT2D eigenvalue weighted by atomic mass is 32.2. The maximum absolute atomic E-state index is 12.6. The van der Waals surface area contributed by atoms with Crippen LogP contribution in [-0.2, 0) is 23.6 Å². The van der Waals surface area contributed by atoms with Gasteiger partial charge in [-0.15, -0.1) is 0 Å². The number of aromatic amines is 2. The molecule has 0 spiro atoms. The number of sulfonamides is 1. The molecule has 0 aliphatic heterocycles. The molecule has 0 aliphatic rings. The predicted octanol–water partition coefficient (Wildman–Crippen LogP) is 0.582. The molecular formula is C17H15N5O4S. The summed E-state index contributed by atoms with van der Waals surface area (Å²) in [5.41, 5.74) is 0.630. The third-order valence-corrected chi connectivity index (χ3v) is 5.72. The third kappa shape index (κ3) is 3.04. The number of para-hydroxylation sites is 2. The van der Waals surface area contributed by atoms with Crippen molar-refractivity contribution in [2.24, 2.45) is 7.05 Å². The lowest BCUT2D eigenvalue weighted by Gasteiger charge is -2.08. The SMILES string of the molecule is Cn1c(CNS(=O)(=O)c2ccc3[nH]c(=O)[nH]c(=O)c3c2)nc2ccccc21. The number of rotatable bonds is 4. The van der Waals surface area contributed by atoms with Crippen LogP contribution in [0.5, 0.6) is 0 Å². The molecule has 10 heteroatoms. The van der Waals surface area contributed by atoms with Crippen molar-refractivity contribution in [3.05, 3.63) is 69.1 Å². The number of imidazole rings is 1. The average molecular weight is 385 g/mol. The first-order valence-corrected chi connectivity index (χ1v) is 9.50. The molecular weight excluding hydrogens is 370 g/mol. The minimum Gasteiger partial charge on any atom is -0.330 e. The molecule has 0 atom stereocenters. The van der Waals surface area contributed by atoms with Gasteiger partial charge in [0, 0.05) is 7.05 Å². The van der Waals surface area contributed by atoms with Gasteiger partial charge in [-0.3, -0.25) is 9.78 Å². The van der Waals surface area contributed by atoms with E-state index in [9.17, 15) is 18.0 Å². The summed E-state index contributed by atoms with van der Waals surface area (Å²) in [6.45, 7) is -0.00642. The van der Waals surface area contributed by atoms with Crippen LogP contribution in [0.1, 0.15) is 5.82 Å². The van der Waals surface area contributed by atoms with Crippen molar-refractivity contribution in [1.82, 2.24) is 24.2 Å². The Morgan fingerprint density at radius 2 is 1.89 bits per heavy atom. The van der Waals surface area contributed by atoms with Gasteiger partial charge in [-0.25, -0.2) is 22.9 Å². The number of nitrogens with one attached hydrogen (secondary N) is 3. The number of aryl methyl sites for hydroxylation is 1. The molecule has 0 aliphatic carbocycles. The van der Waals surface area contributed by atoms with Gasteiger partial charge in [0.15, 0.2) is 0 Å². The Hall–Kier alpha value is -3.24. The Morgan fingerprint density at radius 1 is 1.11 bits per heavy atom. The van der Waals surface area contributed by atoms with E-state index in [1.54, 1.807) is 0 Å². The number of nitrogens with zero attached hydrogens (tertiary/aromatic N) is 2. The van der Waals surface area contributed by atoms with Crippen LogP contribution in [0.25, 0.3) is 21.9 Å². The van der Waals surface area contributed by atoms with Crippen LogP contribution in [0.4, 0.5) is 0 Å². The lowest BCUT2D eigenvalue weighted by Crippen LogP contribution is -2.26. The molecule has 2 heterocycles. The largest absolute Gasteiger partial charge is 0.330 e. The molecule has 4 rings (SSSR count). The summed E-state index contributed by atoms with van der Waals surface area (Å²) in [6, 6.07) is 11.4. The second-order valence-electron chi connectivity index (χ2n) is 6.02. The highest BCUT2D eigenvalue weighted by Gasteiger charge is 2.17. The summed E-state index contributed by atoms with van der Waals surface area (Å²) in [5.74, 6) is 0.558. The molecule has 0 amide bonds. The van der Waals surface area contributed by atoms with Crippen molar-refractivity contribution in [3.63, 3.8) is 0 Å². The number of hydrogen-bond acceptors (Lipinski definition) is 5. The maximum Gasteiger partial charge on any atom is 0.326 e. The second-order valence-corrected chi connectivity index (χ2v) is 7.78. The fourth-order valence-electron chi connectivity index (χ4n) is 2.91. The van der Waals surface area contributed by atoms with E-state index in [1.165, 1.54) is 18.2 Å². The normalized spacial score (nSPS) is 12.0. The van der Waals surface area contributed by atoms with Crippen LogP contribution in [0, 0.1) is 0 Å². The maximum atomic E-state index is 12.6. The van der Waals surface area contributed by atoms with E-state index in [4.69, 9.17) is 0 Å². The highest BCUT2D eigenvalue weighted by molar-refractivity contribution is 7.89. The van der Waals surface area contributed by atoms with Crippen LogP contribution >= 0.6 is 0 Å². The molecule has 4 aromatic rings. The van der Waals surface area contributed by atoms with E-state index < -0.39 is 21.3 Å². The summed E-state index contributed by atoms with van der Waals surface area (Å²) in [6.07, 6.45) is 0. The summed E-state index contributed by atoms with van der Waals surface area (Å²) >= 11 is 0. The lowest BCUT2D eigenvalue weighted by molar-refractivity contribution is 0.578. The van der Waals surface area contributed by atoms with Gasteiger partial charge in [-0.05, 0) is 30.3 Å². The van der Waals surface area contributed by atoms with E-state index in [1.807, 2.05) is 35.9 Å². The van der Waals surface area contributed by atoms with Gasteiger partial charge in [0.2, 0.25) is 10.0 Å². The third-order valence-electron chi connectivity index (χ3n) is 4.32. The molecule has 0 unspecified atom stereocenters. The Labute approximate surface area is 152 Å². The van der Waals surface area contributed by atoms with Crippen molar-refractivity contribution in [1.29, 1.82) is 0 Å². The van der Waals surface area contributed by atoms with Crippen LogP contribution in [0.3, 0.4) is 0 Å². The van der Waals surface area contributed by atoms with Gasteiger partial charge >= 0.3 is 5.69 Å². The van der Waals surface area contributed by atoms with Crippen molar-refractivity contribution >= 4 is 32.0 Å². The summed E-state index contributed by atoms with van der Waals surface area (Å²) in [4.78, 5) is 32.1. The molecule has 9 nitrogen and oxygen atoms in total. The van der Waals surface area contributed by atoms with E-state index in [-0.39, 0.29) is 22.3 Å². The van der Waals surface area contributed by atoms with Crippen molar-refractivity contribution < 1.29 is 8.42 Å². The molecule has 0 radical (unpaired) electrons. The van der Waals surface area contributed by atoms with Crippen molar-refractivity contribution in [3.8, 4) is 0 Å². The molecule has 0 fully saturated rings. The molecule has 2 aromatic heterocycles. The van der Waals surface area contributed by atoms with Gasteiger partial charge in [0.05, 0.1) is 33.4 Å². The molecule has 0 bridgehead atoms. The Balaban J connectivity index is 1.67. The standard InChI is InChI=1S/C17H15N5O4S/c1-22-14-5-3-2-4-13(14)19-15(22)9-18-27(25,26)10-6-7-12-11(8-10)16(23)21-17(24)20-12/h2-8,18H,9H2,1H3,(H2,20,21,23,24). The van der Waals surface area contributed by atoms with E-state index in [2.05, 4.69) is 19.7 Å². The van der Waals surface area contributed by atoms with Gasteiger partial charge in [-0.2, -0.15) is 0 Å². The average Bonchev–Trinajstić information content (AvgIpc) is 2.96. The van der Waals surface area contributed by atoms with Crippen molar-refractivity contribution in [2.75, 3.05) is 0 Å². The van der Waals surface area contributed by atoms with Gasteiger partial charge < -0.3 is 9.55 Å². The fourth-order valence-corrected chi connectivity index (χ4v) is 3.91. The zero-order valence-corrected chi connectivity index (χ0v) is 15.0. The minimum absolute atomic E-state index is 0.00642. The van der Waals surface area contributed by atoms with Gasteiger partial charge in [0.1, 0.15) is 5.82 Å². The molecule has 27 heavy (non-hydrogen) atoms. The number of aromatic nitrogens is 4. The number of H-pyrrole nitrogens is 2. The minimum atomic E-state index is -3.88. The summed E-state index contributed by atoms with van der Waals surface area (Å²) < 4.78 is 29.5. The Bertz CT molecular complexity index is 1400. The van der Waals surface area contributed by atoms with Gasteiger partial charge in [-0.1, -0.05) is 12.1 Å². The van der Waals surface area contributed by atoms with E-state index in [0.29, 0.717) is 5.82 Å². The van der Waals surface area contributed by atoms with Crippen LogP contribution in [-0.4, -0.2) is 27.9 Å². The molecule has 2 aromatic carbocycles. The monoisotopic (exact) mass is 385 g/mol. The fraction of sp³-hybridized carbons (Fsp3) is 0.118. The Morgan fingerprint density at radius 3 is 2.67 bits per heavy atom. The first kappa shape index (κ1) is 17.2. The topological polar surface area (TPSA) is 130 Å². The van der Waals surface area contributed by atoms with Crippen LogP contribution in [0.15, 0.2) is 56.9 Å². The number of fused-ring (bicyclic) bond motifs is 2. The summed E-state index contributed by atoms with van der Waals surface area (Å²) in [7, 11) is -2.07. The molecule has 3 N–H and O–H groups in total. The zero-order valence-electron chi connectivity index (χ0n) is 14.2. The van der Waals surface area contributed by atoms with Crippen LogP contribution < -0.4 is 16.0 Å². The zero-order chi connectivity index (χ0) is 19.2. The smallest absolute Gasteiger partial charge is 0.326 e. The number of benzene rings is 2. The van der Waals surface area contributed by atoms with Crippen molar-refractivity contribution in [2.45, 2.75) is 11.4 Å². The molecule has 0 saturated carbocycles. The van der Waals surface area contributed by atoms with E-state index >= 15 is 0 Å². The van der Waals surface area contributed by atoms with Crippen LogP contribution in [0.2, 0.25) is 0 Å². The highest BCUT2D eigenvalue weighted by Crippen LogP contribution is 2.16. The summed E-state index contributed by atoms with van der Waals surface area (Å²) in [5, 5.41) is 0.0835. The van der Waals surface area contributed by atoms with E-state index in [0.717, 1.165) is 11.0 Å². The van der Waals surface area contributed by atoms with Gasteiger partial charge in [0.25, 0.3) is 5.56 Å². The first-order chi connectivity index (χ1) is 12.8. The quantitative estimate of drug-likeness (QED) is 0.473.